The SMILES string of the molecule is CC1(O)CCN(C(=O)Nc2ccc(O)cc2C(=O)O)C1. The number of benzene rings is 1. The van der Waals surface area contributed by atoms with E-state index in [0.29, 0.717) is 13.0 Å². The molecule has 0 aliphatic carbocycles. The molecule has 1 fully saturated rings. The van der Waals surface area contributed by atoms with Gasteiger partial charge < -0.3 is 25.5 Å². The fourth-order valence-electron chi connectivity index (χ4n) is 2.13. The Kier molecular flexibility index (Phi) is 3.54. The lowest BCUT2D eigenvalue weighted by molar-refractivity contribution is 0.0695. The van der Waals surface area contributed by atoms with Crippen molar-refractivity contribution in [2.24, 2.45) is 0 Å². The number of hydrogen-bond donors (Lipinski definition) is 4. The van der Waals surface area contributed by atoms with Gasteiger partial charge in [-0.15, -0.1) is 0 Å². The van der Waals surface area contributed by atoms with Crippen LogP contribution in [0.25, 0.3) is 0 Å². The van der Waals surface area contributed by atoms with Crippen LogP contribution in [0, 0.1) is 0 Å². The number of phenols is 1. The second-order valence-electron chi connectivity index (χ2n) is 5.13. The summed E-state index contributed by atoms with van der Waals surface area (Å²) in [6.45, 7) is 2.24. The summed E-state index contributed by atoms with van der Waals surface area (Å²) in [4.78, 5) is 24.5. The lowest BCUT2D eigenvalue weighted by Gasteiger charge is -2.20. The summed E-state index contributed by atoms with van der Waals surface area (Å²) in [6, 6.07) is 3.21. The van der Waals surface area contributed by atoms with Gasteiger partial charge in [0.25, 0.3) is 0 Å². The molecule has 4 N–H and O–H groups in total. The fraction of sp³-hybridized carbons (Fsp3) is 0.385. The summed E-state index contributed by atoms with van der Waals surface area (Å²) in [6.07, 6.45) is 0.474. The maximum absolute atomic E-state index is 12.0. The molecule has 1 aliphatic heterocycles. The van der Waals surface area contributed by atoms with Crippen LogP contribution in [-0.2, 0) is 0 Å². The van der Waals surface area contributed by atoms with Crippen molar-refractivity contribution < 1.29 is 24.9 Å². The van der Waals surface area contributed by atoms with Crippen molar-refractivity contribution in [2.45, 2.75) is 18.9 Å². The minimum atomic E-state index is -1.25. The van der Waals surface area contributed by atoms with Crippen LogP contribution >= 0.6 is 0 Å². The van der Waals surface area contributed by atoms with E-state index < -0.39 is 17.6 Å². The number of urea groups is 1. The van der Waals surface area contributed by atoms with Crippen molar-refractivity contribution in [1.82, 2.24) is 4.90 Å². The zero-order chi connectivity index (χ0) is 14.9. The number of carboxylic acid groups (broad SMARTS) is 1. The Balaban J connectivity index is 2.14. The predicted octanol–water partition coefficient (Wildman–Crippen LogP) is 1.08. The third kappa shape index (κ3) is 3.00. The van der Waals surface area contributed by atoms with Crippen molar-refractivity contribution in [3.05, 3.63) is 23.8 Å². The third-order valence-electron chi connectivity index (χ3n) is 3.21. The Morgan fingerprint density at radius 1 is 1.40 bits per heavy atom. The van der Waals surface area contributed by atoms with Crippen molar-refractivity contribution >= 4 is 17.7 Å². The largest absolute Gasteiger partial charge is 0.508 e. The molecule has 0 saturated carbocycles. The molecule has 1 atom stereocenters. The highest BCUT2D eigenvalue weighted by Crippen LogP contribution is 2.24. The second kappa shape index (κ2) is 5.01. The zero-order valence-electron chi connectivity index (χ0n) is 11.0. The molecule has 0 bridgehead atoms. The highest BCUT2D eigenvalue weighted by atomic mass is 16.4. The molecular weight excluding hydrogens is 264 g/mol. The molecule has 20 heavy (non-hydrogen) atoms. The molecule has 2 rings (SSSR count). The van der Waals surface area contributed by atoms with Crippen molar-refractivity contribution in [2.75, 3.05) is 18.4 Å². The van der Waals surface area contributed by atoms with Gasteiger partial charge in [-0.3, -0.25) is 0 Å². The van der Waals surface area contributed by atoms with Gasteiger partial charge in [-0.05, 0) is 31.5 Å². The molecule has 108 valence electrons. The topological polar surface area (TPSA) is 110 Å². The van der Waals surface area contributed by atoms with Crippen LogP contribution in [0.15, 0.2) is 18.2 Å². The van der Waals surface area contributed by atoms with E-state index in [1.807, 2.05) is 0 Å². The summed E-state index contributed by atoms with van der Waals surface area (Å²) in [7, 11) is 0. The minimum Gasteiger partial charge on any atom is -0.508 e. The number of carboxylic acids is 1. The van der Waals surface area contributed by atoms with Gasteiger partial charge in [-0.2, -0.15) is 0 Å². The number of likely N-dealkylation sites (tertiary alicyclic amines) is 1. The number of aromatic carboxylic acids is 1. The van der Waals surface area contributed by atoms with Gasteiger partial charge in [-0.1, -0.05) is 0 Å². The highest BCUT2D eigenvalue weighted by molar-refractivity contribution is 6.00. The zero-order valence-corrected chi connectivity index (χ0v) is 11.0. The lowest BCUT2D eigenvalue weighted by atomic mass is 10.1. The van der Waals surface area contributed by atoms with Crippen molar-refractivity contribution in [3.63, 3.8) is 0 Å². The minimum absolute atomic E-state index is 0.104. The summed E-state index contributed by atoms with van der Waals surface area (Å²) in [5, 5.41) is 30.6. The van der Waals surface area contributed by atoms with Crippen LogP contribution < -0.4 is 5.32 Å². The average molecular weight is 280 g/mol. The normalized spacial score (nSPS) is 21.8. The summed E-state index contributed by atoms with van der Waals surface area (Å²) in [5.41, 5.74) is -1.00. The number of phenolic OH excluding ortho intramolecular Hbond substituents is 1. The predicted molar refractivity (Wildman–Crippen MR) is 70.9 cm³/mol. The Labute approximate surface area is 115 Å². The number of nitrogens with zero attached hydrogens (tertiary/aromatic N) is 1. The van der Waals surface area contributed by atoms with E-state index in [2.05, 4.69) is 5.32 Å². The van der Waals surface area contributed by atoms with Crippen LogP contribution in [0.2, 0.25) is 0 Å². The fourth-order valence-corrected chi connectivity index (χ4v) is 2.13. The third-order valence-corrected chi connectivity index (χ3v) is 3.21. The molecule has 1 saturated heterocycles. The standard InChI is InChI=1S/C13H16N2O5/c1-13(20)4-5-15(7-13)12(19)14-10-3-2-8(16)6-9(10)11(17)18/h2-3,6,16,20H,4-5,7H2,1H3,(H,14,19)(H,17,18). The Morgan fingerprint density at radius 3 is 2.65 bits per heavy atom. The molecule has 1 unspecified atom stereocenters. The van der Waals surface area contributed by atoms with E-state index >= 15 is 0 Å². The van der Waals surface area contributed by atoms with Gasteiger partial charge >= 0.3 is 12.0 Å². The number of β-amino-alcohol motifs (C(OH)–C–C–N with tert-alkyl or cyclic N) is 1. The summed E-state index contributed by atoms with van der Waals surface area (Å²) < 4.78 is 0. The maximum Gasteiger partial charge on any atom is 0.337 e. The van der Waals surface area contributed by atoms with Gasteiger partial charge in [0, 0.05) is 6.54 Å². The van der Waals surface area contributed by atoms with Gasteiger partial charge in [0.1, 0.15) is 5.75 Å². The van der Waals surface area contributed by atoms with E-state index in [4.69, 9.17) is 5.11 Å². The Hall–Kier alpha value is -2.28. The van der Waals surface area contributed by atoms with Gasteiger partial charge in [0.15, 0.2) is 0 Å². The molecule has 1 heterocycles. The molecule has 0 radical (unpaired) electrons. The highest BCUT2D eigenvalue weighted by Gasteiger charge is 2.34. The van der Waals surface area contributed by atoms with E-state index in [1.54, 1.807) is 6.92 Å². The van der Waals surface area contributed by atoms with Gasteiger partial charge in [0.2, 0.25) is 0 Å². The van der Waals surface area contributed by atoms with E-state index in [9.17, 15) is 19.8 Å². The Morgan fingerprint density at radius 2 is 2.10 bits per heavy atom. The number of rotatable bonds is 2. The lowest BCUT2D eigenvalue weighted by Crippen LogP contribution is -2.36. The Bertz CT molecular complexity index is 556. The van der Waals surface area contributed by atoms with Crippen LogP contribution in [0.3, 0.4) is 0 Å². The van der Waals surface area contributed by atoms with E-state index in [0.717, 1.165) is 6.07 Å². The molecule has 0 spiro atoms. The molecule has 7 nitrogen and oxygen atoms in total. The first-order chi connectivity index (χ1) is 9.28. The number of aliphatic hydroxyl groups is 1. The molecule has 0 aromatic heterocycles. The van der Waals surface area contributed by atoms with Crippen LogP contribution in [0.5, 0.6) is 5.75 Å². The smallest absolute Gasteiger partial charge is 0.337 e. The molecule has 1 aromatic carbocycles. The van der Waals surface area contributed by atoms with Crippen molar-refractivity contribution in [3.8, 4) is 5.75 Å². The van der Waals surface area contributed by atoms with Crippen LogP contribution in [-0.4, -0.2) is 50.9 Å². The number of amides is 2. The number of anilines is 1. The van der Waals surface area contributed by atoms with E-state index in [-0.39, 0.29) is 23.5 Å². The number of carbonyl (C=O) groups excluding carboxylic acids is 1. The van der Waals surface area contributed by atoms with E-state index in [1.165, 1.54) is 17.0 Å². The average Bonchev–Trinajstić information content (AvgIpc) is 2.71. The molecular formula is C13H16N2O5. The summed E-state index contributed by atoms with van der Waals surface area (Å²) in [5.74, 6) is -1.44. The van der Waals surface area contributed by atoms with Crippen molar-refractivity contribution in [1.29, 1.82) is 0 Å². The van der Waals surface area contributed by atoms with Crippen LogP contribution in [0.1, 0.15) is 23.7 Å². The van der Waals surface area contributed by atoms with Gasteiger partial charge in [-0.25, -0.2) is 9.59 Å². The molecule has 7 heteroatoms. The first-order valence-electron chi connectivity index (χ1n) is 6.13. The van der Waals surface area contributed by atoms with Gasteiger partial charge in [0.05, 0.1) is 23.4 Å². The monoisotopic (exact) mass is 280 g/mol. The quantitative estimate of drug-likeness (QED) is 0.606. The summed E-state index contributed by atoms with van der Waals surface area (Å²) >= 11 is 0. The number of aromatic hydroxyl groups is 1. The molecule has 2 amide bonds. The first kappa shape index (κ1) is 14.1. The van der Waals surface area contributed by atoms with Crippen LogP contribution in [0.4, 0.5) is 10.5 Å². The number of carbonyl (C=O) groups is 2. The number of nitrogens with one attached hydrogen (secondary N) is 1. The number of hydrogen-bond acceptors (Lipinski definition) is 4. The molecule has 1 aliphatic rings. The maximum atomic E-state index is 12.0. The second-order valence-corrected chi connectivity index (χ2v) is 5.13. The molecule has 1 aromatic rings. The first-order valence-corrected chi connectivity index (χ1v) is 6.13.